The Labute approximate surface area is 144 Å². The van der Waals surface area contributed by atoms with Gasteiger partial charge in [0.05, 0.1) is 10.6 Å². The summed E-state index contributed by atoms with van der Waals surface area (Å²) >= 11 is 5.19. The number of piperidine rings is 1. The van der Waals surface area contributed by atoms with E-state index in [2.05, 4.69) is 21.3 Å². The van der Waals surface area contributed by atoms with Crippen molar-refractivity contribution in [3.8, 4) is 0 Å². The molecule has 0 bridgehead atoms. The van der Waals surface area contributed by atoms with E-state index in [1.807, 2.05) is 27.7 Å². The summed E-state index contributed by atoms with van der Waals surface area (Å²) in [6.45, 7) is 8.99. The van der Waals surface area contributed by atoms with Gasteiger partial charge in [-0.2, -0.15) is 0 Å². The van der Waals surface area contributed by atoms with Gasteiger partial charge in [0.2, 0.25) is 0 Å². The van der Waals surface area contributed by atoms with Gasteiger partial charge in [0.1, 0.15) is 5.60 Å². The lowest BCUT2D eigenvalue weighted by Gasteiger charge is -2.33. The van der Waals surface area contributed by atoms with Crippen LogP contribution in [0.25, 0.3) is 0 Å². The normalized spacial score (nSPS) is 16.7. The minimum atomic E-state index is -0.458. The van der Waals surface area contributed by atoms with Crippen molar-refractivity contribution in [1.82, 2.24) is 4.90 Å². The van der Waals surface area contributed by atoms with Crippen LogP contribution < -0.4 is 0 Å². The number of carbonyl (C=O) groups is 1. The van der Waals surface area contributed by atoms with Crippen LogP contribution in [0, 0.1) is 18.3 Å². The van der Waals surface area contributed by atoms with Crippen LogP contribution in [0.15, 0.2) is 9.85 Å². The third-order valence-electron chi connectivity index (χ3n) is 3.70. The molecule has 1 N–H and O–H groups in total. The van der Waals surface area contributed by atoms with Gasteiger partial charge in [-0.1, -0.05) is 0 Å². The molecule has 1 aliphatic rings. The maximum absolute atomic E-state index is 12.1. The van der Waals surface area contributed by atoms with Crippen LogP contribution in [-0.4, -0.2) is 35.4 Å². The van der Waals surface area contributed by atoms with Crippen LogP contribution in [0.4, 0.5) is 4.79 Å². The van der Waals surface area contributed by atoms with E-state index in [4.69, 9.17) is 10.1 Å². The Hall–Kier alpha value is -0.880. The maximum Gasteiger partial charge on any atom is 0.410 e. The van der Waals surface area contributed by atoms with E-state index in [1.165, 1.54) is 5.56 Å². The molecule has 1 aromatic heterocycles. The third-order valence-corrected chi connectivity index (χ3v) is 6.11. The van der Waals surface area contributed by atoms with E-state index in [0.29, 0.717) is 18.8 Å². The molecule has 2 rings (SSSR count). The highest BCUT2D eigenvalue weighted by Crippen LogP contribution is 2.32. The first kappa shape index (κ1) is 17.5. The molecule has 2 heterocycles. The maximum atomic E-state index is 12.1. The Bertz CT molecular complexity index is 569. The fraction of sp³-hybridized carbons (Fsp3) is 0.625. The second-order valence-electron chi connectivity index (χ2n) is 6.72. The molecule has 0 radical (unpaired) electrons. The van der Waals surface area contributed by atoms with E-state index < -0.39 is 5.60 Å². The smallest absolute Gasteiger partial charge is 0.410 e. The molecule has 4 nitrogen and oxygen atoms in total. The van der Waals surface area contributed by atoms with Gasteiger partial charge in [-0.3, -0.25) is 0 Å². The molecule has 0 saturated carbocycles. The lowest BCUT2D eigenvalue weighted by molar-refractivity contribution is 0.0202. The van der Waals surface area contributed by atoms with Gasteiger partial charge in [0.15, 0.2) is 0 Å². The standard InChI is InChI=1S/C16H23BrN2O2S/c1-10-9-22-14(12(10)17)13(18)11-5-7-19(8-6-11)15(20)21-16(2,3)4/h9,11,18H,5-8H2,1-4H3. The molecule has 122 valence electrons. The first-order chi connectivity index (χ1) is 10.2. The molecular weight excluding hydrogens is 364 g/mol. The predicted molar refractivity (Wildman–Crippen MR) is 94.1 cm³/mol. The van der Waals surface area contributed by atoms with Crippen LogP contribution in [0.3, 0.4) is 0 Å². The molecule has 1 amide bonds. The second-order valence-corrected chi connectivity index (χ2v) is 8.39. The van der Waals surface area contributed by atoms with Crippen molar-refractivity contribution >= 4 is 39.1 Å². The monoisotopic (exact) mass is 386 g/mol. The van der Waals surface area contributed by atoms with E-state index >= 15 is 0 Å². The molecule has 1 aliphatic heterocycles. The van der Waals surface area contributed by atoms with Crippen molar-refractivity contribution in [2.24, 2.45) is 5.92 Å². The SMILES string of the molecule is Cc1csc(C(=N)C2CCN(C(=O)OC(C)(C)C)CC2)c1Br. The molecule has 1 saturated heterocycles. The molecule has 0 aromatic carbocycles. The Balaban J connectivity index is 1.93. The van der Waals surface area contributed by atoms with Crippen LogP contribution in [0.2, 0.25) is 0 Å². The molecule has 0 atom stereocenters. The van der Waals surface area contributed by atoms with Crippen LogP contribution in [-0.2, 0) is 4.74 Å². The molecule has 6 heteroatoms. The predicted octanol–water partition coefficient (Wildman–Crippen LogP) is 4.83. The van der Waals surface area contributed by atoms with Gasteiger partial charge in [-0.25, -0.2) is 4.79 Å². The third kappa shape index (κ3) is 4.10. The number of nitrogens with one attached hydrogen (secondary N) is 1. The van der Waals surface area contributed by atoms with Gasteiger partial charge in [0.25, 0.3) is 0 Å². The van der Waals surface area contributed by atoms with Crippen molar-refractivity contribution in [3.05, 3.63) is 20.3 Å². The Morgan fingerprint density at radius 2 is 2.00 bits per heavy atom. The Morgan fingerprint density at radius 1 is 1.41 bits per heavy atom. The molecule has 0 unspecified atom stereocenters. The summed E-state index contributed by atoms with van der Waals surface area (Å²) in [6, 6.07) is 0. The lowest BCUT2D eigenvalue weighted by Crippen LogP contribution is -2.42. The molecule has 0 spiro atoms. The average Bonchev–Trinajstić information content (AvgIpc) is 2.76. The highest BCUT2D eigenvalue weighted by atomic mass is 79.9. The number of amides is 1. The quantitative estimate of drug-likeness (QED) is 0.739. The van der Waals surface area contributed by atoms with Crippen molar-refractivity contribution in [2.45, 2.75) is 46.1 Å². The number of thiophene rings is 1. The van der Waals surface area contributed by atoms with Gasteiger partial charge >= 0.3 is 6.09 Å². The van der Waals surface area contributed by atoms with E-state index in [9.17, 15) is 4.79 Å². The highest BCUT2D eigenvalue weighted by molar-refractivity contribution is 9.10. The fourth-order valence-electron chi connectivity index (χ4n) is 2.47. The zero-order valence-corrected chi connectivity index (χ0v) is 15.9. The van der Waals surface area contributed by atoms with Crippen molar-refractivity contribution < 1.29 is 9.53 Å². The Morgan fingerprint density at radius 3 is 2.45 bits per heavy atom. The number of nitrogens with zero attached hydrogens (tertiary/aromatic N) is 1. The second kappa shape index (κ2) is 6.71. The number of ether oxygens (including phenoxy) is 1. The Kier molecular flexibility index (Phi) is 5.33. The minimum Gasteiger partial charge on any atom is -0.444 e. The number of aryl methyl sites for hydroxylation is 1. The first-order valence-electron chi connectivity index (χ1n) is 7.49. The largest absolute Gasteiger partial charge is 0.444 e. The van der Waals surface area contributed by atoms with Gasteiger partial charge in [0, 0.05) is 23.5 Å². The summed E-state index contributed by atoms with van der Waals surface area (Å²) in [6.07, 6.45) is 1.40. The van der Waals surface area contributed by atoms with E-state index in [-0.39, 0.29) is 12.0 Å². The molecule has 1 fully saturated rings. The number of likely N-dealkylation sites (tertiary alicyclic amines) is 1. The topological polar surface area (TPSA) is 53.4 Å². The van der Waals surface area contributed by atoms with Crippen LogP contribution >= 0.6 is 27.3 Å². The molecular formula is C16H23BrN2O2S. The molecule has 22 heavy (non-hydrogen) atoms. The minimum absolute atomic E-state index is 0.216. The molecule has 1 aromatic rings. The average molecular weight is 387 g/mol. The van der Waals surface area contributed by atoms with E-state index in [1.54, 1.807) is 16.2 Å². The molecule has 0 aliphatic carbocycles. The van der Waals surface area contributed by atoms with Crippen molar-refractivity contribution in [2.75, 3.05) is 13.1 Å². The fourth-order valence-corrected chi connectivity index (χ4v) is 4.20. The number of carbonyl (C=O) groups excluding carboxylic acids is 1. The lowest BCUT2D eigenvalue weighted by atomic mass is 9.91. The van der Waals surface area contributed by atoms with Gasteiger partial charge in [-0.05, 0) is 67.4 Å². The van der Waals surface area contributed by atoms with Crippen molar-refractivity contribution in [3.63, 3.8) is 0 Å². The van der Waals surface area contributed by atoms with Crippen molar-refractivity contribution in [1.29, 1.82) is 5.41 Å². The first-order valence-corrected chi connectivity index (χ1v) is 9.16. The number of halogens is 1. The summed E-state index contributed by atoms with van der Waals surface area (Å²) in [7, 11) is 0. The number of rotatable bonds is 2. The number of hydrogen-bond donors (Lipinski definition) is 1. The van der Waals surface area contributed by atoms with Crippen LogP contribution in [0.1, 0.15) is 44.1 Å². The van der Waals surface area contributed by atoms with Crippen LogP contribution in [0.5, 0.6) is 0 Å². The summed E-state index contributed by atoms with van der Waals surface area (Å²) < 4.78 is 6.45. The summed E-state index contributed by atoms with van der Waals surface area (Å²) in [4.78, 5) is 14.8. The zero-order valence-electron chi connectivity index (χ0n) is 13.5. The highest BCUT2D eigenvalue weighted by Gasteiger charge is 2.29. The van der Waals surface area contributed by atoms with E-state index in [0.717, 1.165) is 22.2 Å². The van der Waals surface area contributed by atoms with Gasteiger partial charge in [-0.15, -0.1) is 11.3 Å². The summed E-state index contributed by atoms with van der Waals surface area (Å²) in [5.74, 6) is 0.216. The van der Waals surface area contributed by atoms with Gasteiger partial charge < -0.3 is 15.0 Å². The summed E-state index contributed by atoms with van der Waals surface area (Å²) in [5, 5.41) is 10.5. The summed E-state index contributed by atoms with van der Waals surface area (Å²) in [5.41, 5.74) is 1.41. The zero-order chi connectivity index (χ0) is 16.5. The number of hydrogen-bond acceptors (Lipinski definition) is 4.